The number of alkyl halides is 1. The van der Waals surface area contributed by atoms with Crippen LogP contribution in [0.4, 0.5) is 14.6 Å². The van der Waals surface area contributed by atoms with Crippen LogP contribution >= 0.6 is 0 Å². The summed E-state index contributed by atoms with van der Waals surface area (Å²) in [6.07, 6.45) is 8.95. The molecule has 5 aromatic heterocycles. The van der Waals surface area contributed by atoms with E-state index >= 15 is 0 Å². The molecule has 0 unspecified atom stereocenters. The molecule has 0 bridgehead atoms. The van der Waals surface area contributed by atoms with Crippen LogP contribution in [0.1, 0.15) is 24.1 Å². The summed E-state index contributed by atoms with van der Waals surface area (Å²) in [5.41, 5.74) is 3.44. The van der Waals surface area contributed by atoms with E-state index in [1.54, 1.807) is 35.2 Å². The summed E-state index contributed by atoms with van der Waals surface area (Å²) in [5, 5.41) is 17.7. The third-order valence-corrected chi connectivity index (χ3v) is 6.09. The van der Waals surface area contributed by atoms with Crippen molar-refractivity contribution in [3.63, 3.8) is 0 Å². The Bertz CT molecular complexity index is 1570. The summed E-state index contributed by atoms with van der Waals surface area (Å²) >= 11 is 0. The first kappa shape index (κ1) is 23.9. The summed E-state index contributed by atoms with van der Waals surface area (Å²) in [7, 11) is 1.93. The quantitative estimate of drug-likeness (QED) is 0.309. The largest absolute Gasteiger partial charge is 0.489 e. The third kappa shape index (κ3) is 4.69. The minimum absolute atomic E-state index is 0.0570. The fraction of sp³-hybridized carbons (Fsp3) is 0.192. The van der Waals surface area contributed by atoms with Gasteiger partial charge in [-0.1, -0.05) is 6.07 Å². The number of ether oxygens (including phenoxy) is 1. The van der Waals surface area contributed by atoms with Crippen molar-refractivity contribution in [2.45, 2.75) is 13.0 Å². The molecule has 5 heterocycles. The average Bonchev–Trinajstić information content (AvgIpc) is 3.56. The number of rotatable bonds is 8. The van der Waals surface area contributed by atoms with E-state index in [1.807, 2.05) is 37.1 Å². The van der Waals surface area contributed by atoms with Gasteiger partial charge in [-0.3, -0.25) is 0 Å². The monoisotopic (exact) mass is 500 g/mol. The van der Waals surface area contributed by atoms with Gasteiger partial charge >= 0.3 is 0 Å². The molecule has 0 aliphatic heterocycles. The number of pyridine rings is 3. The number of halogens is 2. The Morgan fingerprint density at radius 1 is 1.08 bits per heavy atom. The number of anilines is 1. The minimum atomic E-state index is -0.614. The predicted molar refractivity (Wildman–Crippen MR) is 133 cm³/mol. The Hall–Kier alpha value is -4.85. The van der Waals surface area contributed by atoms with Gasteiger partial charge in [0.1, 0.15) is 30.9 Å². The lowest BCUT2D eigenvalue weighted by molar-refractivity contribution is 0.272. The Morgan fingerprint density at radius 3 is 2.59 bits per heavy atom. The van der Waals surface area contributed by atoms with Crippen molar-refractivity contribution in [3.05, 3.63) is 84.5 Å². The maximum Gasteiger partial charge on any atom is 0.161 e. The molecular weight excluding hydrogens is 478 g/mol. The second-order valence-electron chi connectivity index (χ2n) is 8.33. The van der Waals surface area contributed by atoms with E-state index in [0.29, 0.717) is 28.2 Å². The first-order valence-electron chi connectivity index (χ1n) is 11.4. The summed E-state index contributed by atoms with van der Waals surface area (Å²) in [4.78, 5) is 11.0. The van der Waals surface area contributed by atoms with Gasteiger partial charge in [0.05, 0.1) is 41.9 Å². The van der Waals surface area contributed by atoms with E-state index in [0.717, 1.165) is 23.1 Å². The highest BCUT2D eigenvalue weighted by molar-refractivity contribution is 5.85. The lowest BCUT2D eigenvalue weighted by Gasteiger charge is -2.26. The van der Waals surface area contributed by atoms with Gasteiger partial charge < -0.3 is 9.64 Å². The van der Waals surface area contributed by atoms with Gasteiger partial charge in [-0.15, -0.1) is 0 Å². The van der Waals surface area contributed by atoms with Crippen LogP contribution in [-0.4, -0.2) is 49.7 Å². The standard InChI is InChI=1S/C26H22F2N8O/c1-17(18-3-6-25(31-11-18)35-15-21(28)14-33-35)34(2)24-5-4-19(12-30-24)23-9-22(37-8-7-27)16-36-26(23)20(10-29)13-32-36/h3-6,9,11-17H,7-8H2,1-2H3/t17-/m0/s1. The second kappa shape index (κ2) is 10.0. The van der Waals surface area contributed by atoms with Crippen LogP contribution < -0.4 is 9.64 Å². The molecule has 0 amide bonds. The van der Waals surface area contributed by atoms with Crippen LogP contribution in [0.2, 0.25) is 0 Å². The fourth-order valence-corrected chi connectivity index (χ4v) is 4.02. The minimum Gasteiger partial charge on any atom is -0.489 e. The molecule has 0 N–H and O–H groups in total. The molecule has 0 spiro atoms. The van der Waals surface area contributed by atoms with E-state index in [1.165, 1.54) is 17.1 Å². The third-order valence-electron chi connectivity index (χ3n) is 6.09. The van der Waals surface area contributed by atoms with Crippen LogP contribution in [0.5, 0.6) is 5.75 Å². The van der Waals surface area contributed by atoms with Crippen LogP contribution in [0.3, 0.4) is 0 Å². The highest BCUT2D eigenvalue weighted by Gasteiger charge is 2.17. The number of hydrogen-bond acceptors (Lipinski definition) is 7. The molecule has 0 radical (unpaired) electrons. The predicted octanol–water partition coefficient (Wildman–Crippen LogP) is 4.53. The Kier molecular flexibility index (Phi) is 6.47. The van der Waals surface area contributed by atoms with Crippen molar-refractivity contribution in [1.29, 1.82) is 5.26 Å². The lowest BCUT2D eigenvalue weighted by atomic mass is 10.0. The van der Waals surface area contributed by atoms with Gasteiger partial charge in [0.25, 0.3) is 0 Å². The van der Waals surface area contributed by atoms with Crippen molar-refractivity contribution in [1.82, 2.24) is 29.4 Å². The topological polar surface area (TPSA) is 97.2 Å². The zero-order chi connectivity index (χ0) is 25.9. The van der Waals surface area contributed by atoms with Crippen molar-refractivity contribution >= 4 is 11.3 Å². The molecular formula is C26H22F2N8O. The molecule has 5 rings (SSSR count). The van der Waals surface area contributed by atoms with Crippen molar-refractivity contribution < 1.29 is 13.5 Å². The number of nitrogens with zero attached hydrogens (tertiary/aromatic N) is 8. The van der Waals surface area contributed by atoms with Crippen molar-refractivity contribution in [2.75, 3.05) is 25.2 Å². The van der Waals surface area contributed by atoms with Gasteiger partial charge in [0.2, 0.25) is 0 Å². The Balaban J connectivity index is 1.40. The van der Waals surface area contributed by atoms with Gasteiger partial charge in [-0.2, -0.15) is 15.5 Å². The van der Waals surface area contributed by atoms with E-state index in [-0.39, 0.29) is 12.6 Å². The van der Waals surface area contributed by atoms with E-state index < -0.39 is 12.5 Å². The van der Waals surface area contributed by atoms with E-state index in [4.69, 9.17) is 4.74 Å². The summed E-state index contributed by atoms with van der Waals surface area (Å²) in [6.45, 7) is 1.34. The molecule has 5 aromatic rings. The smallest absolute Gasteiger partial charge is 0.161 e. The highest BCUT2D eigenvalue weighted by atomic mass is 19.1. The van der Waals surface area contributed by atoms with Gasteiger partial charge in [0, 0.05) is 30.6 Å². The summed E-state index contributed by atoms with van der Waals surface area (Å²) in [5.74, 6) is 1.26. The van der Waals surface area contributed by atoms with Crippen molar-refractivity contribution in [3.8, 4) is 28.8 Å². The first-order chi connectivity index (χ1) is 18.0. The zero-order valence-corrected chi connectivity index (χ0v) is 20.1. The fourth-order valence-electron chi connectivity index (χ4n) is 4.02. The van der Waals surface area contributed by atoms with Crippen molar-refractivity contribution in [2.24, 2.45) is 0 Å². The molecule has 186 valence electrons. The Morgan fingerprint density at radius 2 is 1.95 bits per heavy atom. The molecule has 0 aliphatic rings. The maximum absolute atomic E-state index is 13.3. The molecule has 11 heteroatoms. The number of fused-ring (bicyclic) bond motifs is 1. The maximum atomic E-state index is 13.3. The number of hydrogen-bond donors (Lipinski definition) is 0. The molecule has 37 heavy (non-hydrogen) atoms. The van der Waals surface area contributed by atoms with E-state index in [2.05, 4.69) is 26.2 Å². The SMILES string of the molecule is C[C@@H](c1ccc(-n2cc(F)cn2)nc1)N(C)c1ccc(-c2cc(OCCF)cn3ncc(C#N)c23)cn1. The first-order valence-corrected chi connectivity index (χ1v) is 11.4. The number of nitriles is 1. The summed E-state index contributed by atoms with van der Waals surface area (Å²) < 4.78 is 34.3. The molecule has 0 saturated heterocycles. The summed E-state index contributed by atoms with van der Waals surface area (Å²) in [6, 6.07) is 11.3. The van der Waals surface area contributed by atoms with Crippen LogP contribution in [0.15, 0.2) is 67.5 Å². The zero-order valence-electron chi connectivity index (χ0n) is 20.1. The lowest BCUT2D eigenvalue weighted by Crippen LogP contribution is -2.22. The molecule has 9 nitrogen and oxygen atoms in total. The Labute approximate surface area is 211 Å². The number of aromatic nitrogens is 6. The average molecular weight is 501 g/mol. The highest BCUT2D eigenvalue weighted by Crippen LogP contribution is 2.32. The van der Waals surface area contributed by atoms with E-state index in [9.17, 15) is 14.0 Å². The molecule has 0 aliphatic carbocycles. The normalized spacial score (nSPS) is 11.9. The van der Waals surface area contributed by atoms with Crippen LogP contribution in [0, 0.1) is 17.1 Å². The van der Waals surface area contributed by atoms with Crippen LogP contribution in [-0.2, 0) is 0 Å². The van der Waals surface area contributed by atoms with Gasteiger partial charge in [-0.25, -0.2) is 27.9 Å². The molecule has 0 aromatic carbocycles. The van der Waals surface area contributed by atoms with Gasteiger partial charge in [-0.05, 0) is 36.8 Å². The second-order valence-corrected chi connectivity index (χ2v) is 8.33. The van der Waals surface area contributed by atoms with Crippen LogP contribution in [0.25, 0.3) is 22.5 Å². The molecule has 0 fully saturated rings. The molecule has 1 atom stereocenters. The molecule has 0 saturated carbocycles. The van der Waals surface area contributed by atoms with Gasteiger partial charge in [0.15, 0.2) is 11.6 Å².